The normalized spacial score (nSPS) is 12.6. The molecule has 1 atom stereocenters. The Morgan fingerprint density at radius 2 is 1.32 bits per heavy atom. The van der Waals surface area contributed by atoms with E-state index in [1.807, 2.05) is 24.3 Å². The fourth-order valence-corrected chi connectivity index (χ4v) is 4.41. The molecule has 1 unspecified atom stereocenters. The Balaban J connectivity index is 2.33. The molecule has 0 aromatic heterocycles. The van der Waals surface area contributed by atoms with Crippen molar-refractivity contribution in [1.29, 1.82) is 0 Å². The summed E-state index contributed by atoms with van der Waals surface area (Å²) in [5, 5.41) is 10.3. The largest absolute Gasteiger partial charge is 0.481 e. The summed E-state index contributed by atoms with van der Waals surface area (Å²) in [5.74, 6) is -0.971. The predicted octanol–water partition coefficient (Wildman–Crippen LogP) is 6.93. The molecule has 0 bridgehead atoms. The zero-order valence-electron chi connectivity index (χ0n) is 17.6. The highest BCUT2D eigenvalue weighted by molar-refractivity contribution is 5.71. The molecule has 2 aromatic rings. The van der Waals surface area contributed by atoms with Gasteiger partial charge in [-0.2, -0.15) is 0 Å². The maximum absolute atomic E-state index is 12.5. The van der Waals surface area contributed by atoms with E-state index >= 15 is 0 Å². The van der Waals surface area contributed by atoms with E-state index in [2.05, 4.69) is 50.2 Å². The van der Waals surface area contributed by atoms with Crippen molar-refractivity contribution in [2.24, 2.45) is 11.3 Å². The van der Waals surface area contributed by atoms with Gasteiger partial charge in [0.2, 0.25) is 0 Å². The molecule has 0 saturated heterocycles. The molecule has 2 heteroatoms. The highest BCUT2D eigenvalue weighted by atomic mass is 16.4. The van der Waals surface area contributed by atoms with Crippen LogP contribution in [0.25, 0.3) is 0 Å². The van der Waals surface area contributed by atoms with Crippen LogP contribution in [0.3, 0.4) is 0 Å². The number of benzene rings is 2. The minimum Gasteiger partial charge on any atom is -0.481 e. The smallest absolute Gasteiger partial charge is 0.307 e. The third kappa shape index (κ3) is 6.51. The Bertz CT molecular complexity index is 670. The lowest BCUT2D eigenvalue weighted by atomic mass is 9.64. The molecule has 0 saturated carbocycles. The lowest BCUT2D eigenvalue weighted by Gasteiger charge is -2.40. The molecular weight excluding hydrogens is 344 g/mol. The first-order valence-electron chi connectivity index (χ1n) is 10.9. The van der Waals surface area contributed by atoms with E-state index in [4.69, 9.17) is 0 Å². The Hall–Kier alpha value is -2.09. The van der Waals surface area contributed by atoms with Gasteiger partial charge in [-0.25, -0.2) is 0 Å². The second-order valence-electron chi connectivity index (χ2n) is 8.14. The first kappa shape index (κ1) is 22.2. The topological polar surface area (TPSA) is 37.3 Å². The van der Waals surface area contributed by atoms with Crippen LogP contribution in [0.1, 0.15) is 69.9 Å². The van der Waals surface area contributed by atoms with Gasteiger partial charge in [-0.15, -0.1) is 0 Å². The molecule has 0 aliphatic heterocycles. The van der Waals surface area contributed by atoms with Crippen LogP contribution in [0.5, 0.6) is 0 Å². The maximum Gasteiger partial charge on any atom is 0.307 e. The van der Waals surface area contributed by atoms with E-state index in [0.29, 0.717) is 6.42 Å². The molecule has 0 aliphatic rings. The van der Waals surface area contributed by atoms with Gasteiger partial charge >= 0.3 is 5.97 Å². The molecule has 2 rings (SSSR count). The van der Waals surface area contributed by atoms with E-state index in [1.54, 1.807) is 0 Å². The van der Waals surface area contributed by atoms with Crippen molar-refractivity contribution in [2.75, 3.05) is 0 Å². The van der Waals surface area contributed by atoms with Crippen molar-refractivity contribution in [3.63, 3.8) is 0 Å². The van der Waals surface area contributed by atoms with Gasteiger partial charge in [0, 0.05) is 0 Å². The van der Waals surface area contributed by atoms with E-state index in [0.717, 1.165) is 56.9 Å². The second-order valence-corrected chi connectivity index (χ2v) is 8.14. The lowest BCUT2D eigenvalue weighted by molar-refractivity contribution is -0.147. The third-order valence-corrected chi connectivity index (χ3v) is 6.13. The first-order valence-corrected chi connectivity index (χ1v) is 10.9. The monoisotopic (exact) mass is 380 g/mol. The minimum absolute atomic E-state index is 0.149. The fourth-order valence-electron chi connectivity index (χ4n) is 4.41. The van der Waals surface area contributed by atoms with E-state index in [1.165, 1.54) is 5.56 Å². The molecule has 0 radical (unpaired) electrons. The number of aliphatic carboxylic acids is 1. The summed E-state index contributed by atoms with van der Waals surface area (Å²) in [7, 11) is 0. The summed E-state index contributed by atoms with van der Waals surface area (Å²) in [5.41, 5.74) is 2.29. The SMILES string of the molecule is CCCCC(CCCC)(CCc1ccccc1)C(Cc1ccccc1)C(=O)O. The second kappa shape index (κ2) is 11.7. The molecule has 2 nitrogen and oxygen atoms in total. The Morgan fingerprint density at radius 3 is 1.79 bits per heavy atom. The third-order valence-electron chi connectivity index (χ3n) is 6.13. The van der Waals surface area contributed by atoms with Gasteiger partial charge in [-0.05, 0) is 48.6 Å². The summed E-state index contributed by atoms with van der Waals surface area (Å²) in [6, 6.07) is 20.7. The first-order chi connectivity index (χ1) is 13.6. The number of hydrogen-bond acceptors (Lipinski definition) is 1. The number of hydrogen-bond donors (Lipinski definition) is 1. The van der Waals surface area contributed by atoms with E-state index < -0.39 is 5.97 Å². The van der Waals surface area contributed by atoms with Crippen LogP contribution in [0.15, 0.2) is 60.7 Å². The average molecular weight is 381 g/mol. The van der Waals surface area contributed by atoms with Gasteiger partial charge in [0.05, 0.1) is 5.92 Å². The number of rotatable bonds is 13. The van der Waals surface area contributed by atoms with Gasteiger partial charge in [0.1, 0.15) is 0 Å². The molecule has 0 aliphatic carbocycles. The Morgan fingerprint density at radius 1 is 0.821 bits per heavy atom. The van der Waals surface area contributed by atoms with Gasteiger partial charge < -0.3 is 5.11 Å². The van der Waals surface area contributed by atoms with Crippen molar-refractivity contribution in [3.8, 4) is 0 Å². The summed E-state index contributed by atoms with van der Waals surface area (Å²) in [6.45, 7) is 4.41. The van der Waals surface area contributed by atoms with Gasteiger partial charge in [-0.1, -0.05) is 100 Å². The zero-order valence-corrected chi connectivity index (χ0v) is 17.6. The quantitative estimate of drug-likeness (QED) is 0.409. The van der Waals surface area contributed by atoms with Crippen molar-refractivity contribution < 1.29 is 9.90 Å². The molecule has 1 N–H and O–H groups in total. The van der Waals surface area contributed by atoms with Crippen molar-refractivity contribution in [2.45, 2.75) is 71.6 Å². The summed E-state index contributed by atoms with van der Waals surface area (Å²) >= 11 is 0. The Labute approximate surface area is 171 Å². The van der Waals surface area contributed by atoms with Gasteiger partial charge in [-0.3, -0.25) is 4.79 Å². The predicted molar refractivity (Wildman–Crippen MR) is 118 cm³/mol. The standard InChI is InChI=1S/C26H36O2/c1-3-5-18-26(19-6-4-2,20-17-22-13-9-7-10-14-22)24(25(27)28)21-23-15-11-8-12-16-23/h7-16,24H,3-6,17-21H2,1-2H3,(H,27,28). The van der Waals surface area contributed by atoms with Crippen LogP contribution in [0, 0.1) is 11.3 Å². The highest BCUT2D eigenvalue weighted by Gasteiger charge is 2.41. The summed E-state index contributed by atoms with van der Waals surface area (Å²) < 4.78 is 0. The highest BCUT2D eigenvalue weighted by Crippen LogP contribution is 2.45. The number of aryl methyl sites for hydroxylation is 1. The van der Waals surface area contributed by atoms with Crippen LogP contribution in [0.2, 0.25) is 0 Å². The van der Waals surface area contributed by atoms with Gasteiger partial charge in [0.25, 0.3) is 0 Å². The number of carboxylic acids is 1. The lowest BCUT2D eigenvalue weighted by Crippen LogP contribution is -2.38. The molecule has 28 heavy (non-hydrogen) atoms. The molecule has 0 amide bonds. The molecular formula is C26H36O2. The number of carboxylic acid groups (broad SMARTS) is 1. The van der Waals surface area contributed by atoms with Crippen LogP contribution >= 0.6 is 0 Å². The number of carbonyl (C=O) groups is 1. The summed E-state index contributed by atoms with van der Waals surface area (Å²) in [6.07, 6.45) is 8.92. The molecule has 0 fully saturated rings. The maximum atomic E-state index is 12.5. The van der Waals surface area contributed by atoms with Crippen LogP contribution in [-0.4, -0.2) is 11.1 Å². The van der Waals surface area contributed by atoms with E-state index in [9.17, 15) is 9.90 Å². The van der Waals surface area contributed by atoms with Crippen molar-refractivity contribution in [1.82, 2.24) is 0 Å². The van der Waals surface area contributed by atoms with Gasteiger partial charge in [0.15, 0.2) is 0 Å². The van der Waals surface area contributed by atoms with Crippen molar-refractivity contribution in [3.05, 3.63) is 71.8 Å². The fraction of sp³-hybridized carbons (Fsp3) is 0.500. The molecule has 0 heterocycles. The zero-order chi connectivity index (χ0) is 20.2. The molecule has 0 spiro atoms. The number of unbranched alkanes of at least 4 members (excludes halogenated alkanes) is 2. The molecule has 2 aromatic carbocycles. The van der Waals surface area contributed by atoms with Crippen LogP contribution < -0.4 is 0 Å². The van der Waals surface area contributed by atoms with E-state index in [-0.39, 0.29) is 11.3 Å². The Kier molecular flexibility index (Phi) is 9.27. The molecule has 152 valence electrons. The summed E-state index contributed by atoms with van der Waals surface area (Å²) in [4.78, 5) is 12.5. The minimum atomic E-state index is -0.635. The average Bonchev–Trinajstić information content (AvgIpc) is 2.73. The van der Waals surface area contributed by atoms with Crippen LogP contribution in [0.4, 0.5) is 0 Å². The van der Waals surface area contributed by atoms with Crippen LogP contribution in [-0.2, 0) is 17.6 Å². The van der Waals surface area contributed by atoms with Crippen molar-refractivity contribution >= 4 is 5.97 Å².